The summed E-state index contributed by atoms with van der Waals surface area (Å²) in [6.45, 7) is 4.34. The smallest absolute Gasteiger partial charge is 0.00643 e. The van der Waals surface area contributed by atoms with Crippen molar-refractivity contribution in [1.29, 1.82) is 0 Å². The summed E-state index contributed by atoms with van der Waals surface area (Å²) in [4.78, 5) is 0. The Labute approximate surface area is 44.9 Å². The van der Waals surface area contributed by atoms with E-state index in [4.69, 9.17) is 5.73 Å². The second-order valence-electron chi connectivity index (χ2n) is 2.94. The largest absolute Gasteiger partial charge is 0.327 e. The summed E-state index contributed by atoms with van der Waals surface area (Å²) in [5.41, 5.74) is 6.16. The quantitative estimate of drug-likeness (QED) is 0.524. The Balaban J connectivity index is 2.39. The zero-order chi connectivity index (χ0) is 5.49. The van der Waals surface area contributed by atoms with E-state index in [0.717, 1.165) is 0 Å². The summed E-state index contributed by atoms with van der Waals surface area (Å²) in [6, 6.07) is 0.410. The van der Waals surface area contributed by atoms with Crippen molar-refractivity contribution in [3.63, 3.8) is 0 Å². The lowest BCUT2D eigenvalue weighted by Gasteiger charge is -2.10. The number of rotatable bonds is 1. The highest BCUT2D eigenvalue weighted by Gasteiger charge is 2.40. The van der Waals surface area contributed by atoms with Crippen LogP contribution in [0.3, 0.4) is 0 Å². The van der Waals surface area contributed by atoms with Crippen molar-refractivity contribution < 1.29 is 0 Å². The van der Waals surface area contributed by atoms with Gasteiger partial charge in [0.15, 0.2) is 0 Å². The first-order valence-corrected chi connectivity index (χ1v) is 2.91. The van der Waals surface area contributed by atoms with Crippen LogP contribution in [0.15, 0.2) is 0 Å². The van der Waals surface area contributed by atoms with Gasteiger partial charge in [-0.05, 0) is 25.2 Å². The van der Waals surface area contributed by atoms with Gasteiger partial charge in [-0.2, -0.15) is 0 Å². The van der Waals surface area contributed by atoms with E-state index in [1.807, 2.05) is 0 Å². The van der Waals surface area contributed by atoms with E-state index in [1.165, 1.54) is 12.8 Å². The van der Waals surface area contributed by atoms with Crippen LogP contribution in [-0.4, -0.2) is 6.04 Å². The number of hydrogen-bond acceptors (Lipinski definition) is 1. The summed E-state index contributed by atoms with van der Waals surface area (Å²) in [5.74, 6) is 0. The lowest BCUT2D eigenvalue weighted by molar-refractivity contribution is 0.465. The summed E-state index contributed by atoms with van der Waals surface area (Å²) >= 11 is 0. The molecule has 0 aromatic heterocycles. The van der Waals surface area contributed by atoms with Crippen molar-refractivity contribution in [3.8, 4) is 0 Å². The van der Waals surface area contributed by atoms with Crippen LogP contribution in [-0.2, 0) is 0 Å². The SMILES string of the molecule is CC(N)C1(C)CC1. The van der Waals surface area contributed by atoms with Gasteiger partial charge in [0.1, 0.15) is 0 Å². The number of nitrogens with two attached hydrogens (primary N) is 1. The molecule has 7 heavy (non-hydrogen) atoms. The highest BCUT2D eigenvalue weighted by Crippen LogP contribution is 2.46. The lowest BCUT2D eigenvalue weighted by atomic mass is 10.0. The molecule has 0 heterocycles. The van der Waals surface area contributed by atoms with Crippen LogP contribution in [0, 0.1) is 5.41 Å². The average Bonchev–Trinajstić information content (AvgIpc) is 2.21. The Kier molecular flexibility index (Phi) is 0.890. The van der Waals surface area contributed by atoms with Crippen LogP contribution < -0.4 is 5.73 Å². The van der Waals surface area contributed by atoms with Gasteiger partial charge in [0.2, 0.25) is 0 Å². The van der Waals surface area contributed by atoms with Gasteiger partial charge < -0.3 is 5.73 Å². The molecule has 1 rings (SSSR count). The molecule has 2 N–H and O–H groups in total. The van der Waals surface area contributed by atoms with Crippen LogP contribution in [0.2, 0.25) is 0 Å². The minimum Gasteiger partial charge on any atom is -0.327 e. The first kappa shape index (κ1) is 5.10. The molecule has 0 saturated heterocycles. The van der Waals surface area contributed by atoms with Gasteiger partial charge in [0, 0.05) is 6.04 Å². The van der Waals surface area contributed by atoms with E-state index in [-0.39, 0.29) is 0 Å². The summed E-state index contributed by atoms with van der Waals surface area (Å²) < 4.78 is 0. The Morgan fingerprint density at radius 1 is 1.57 bits per heavy atom. The molecule has 1 heteroatoms. The molecule has 0 bridgehead atoms. The first-order chi connectivity index (χ1) is 3.15. The summed E-state index contributed by atoms with van der Waals surface area (Å²) in [5, 5.41) is 0. The maximum atomic E-state index is 5.63. The van der Waals surface area contributed by atoms with E-state index >= 15 is 0 Å². The monoisotopic (exact) mass is 99.1 g/mol. The molecule has 1 fully saturated rings. The lowest BCUT2D eigenvalue weighted by Crippen LogP contribution is -2.25. The fourth-order valence-corrected chi connectivity index (χ4v) is 0.653. The van der Waals surface area contributed by atoms with Crippen molar-refractivity contribution in [2.24, 2.45) is 11.1 Å². The molecule has 0 aromatic rings. The summed E-state index contributed by atoms with van der Waals surface area (Å²) in [6.07, 6.45) is 2.68. The van der Waals surface area contributed by atoms with Crippen molar-refractivity contribution in [1.82, 2.24) is 0 Å². The Bertz CT molecular complexity index is 72.2. The molecule has 0 aliphatic heterocycles. The number of hydrogen-bond donors (Lipinski definition) is 1. The minimum atomic E-state index is 0.410. The van der Waals surface area contributed by atoms with E-state index in [1.54, 1.807) is 0 Å². The van der Waals surface area contributed by atoms with Crippen LogP contribution >= 0.6 is 0 Å². The van der Waals surface area contributed by atoms with E-state index in [0.29, 0.717) is 11.5 Å². The third-order valence-electron chi connectivity index (χ3n) is 2.14. The van der Waals surface area contributed by atoms with Crippen molar-refractivity contribution in [2.45, 2.75) is 32.7 Å². The van der Waals surface area contributed by atoms with Crippen LogP contribution in [0.5, 0.6) is 0 Å². The zero-order valence-corrected chi connectivity index (χ0v) is 5.07. The molecule has 0 amide bonds. The molecule has 0 radical (unpaired) electrons. The molecule has 1 saturated carbocycles. The molecular weight excluding hydrogens is 86.1 g/mol. The highest BCUT2D eigenvalue weighted by molar-refractivity contribution is 4.94. The summed E-state index contributed by atoms with van der Waals surface area (Å²) in [7, 11) is 0. The van der Waals surface area contributed by atoms with E-state index in [2.05, 4.69) is 13.8 Å². The topological polar surface area (TPSA) is 26.0 Å². The van der Waals surface area contributed by atoms with Gasteiger partial charge in [0.25, 0.3) is 0 Å². The Morgan fingerprint density at radius 2 is 2.00 bits per heavy atom. The molecule has 1 aliphatic rings. The van der Waals surface area contributed by atoms with Crippen molar-refractivity contribution in [2.75, 3.05) is 0 Å². The molecular formula is C6H13N. The standard InChI is InChI=1S/C6H13N/c1-5(7)6(2)3-4-6/h5H,3-4,7H2,1-2H3. The molecule has 42 valence electrons. The maximum Gasteiger partial charge on any atom is 0.00643 e. The second-order valence-corrected chi connectivity index (χ2v) is 2.94. The predicted octanol–water partition coefficient (Wildman–Crippen LogP) is 1.13. The van der Waals surface area contributed by atoms with Crippen molar-refractivity contribution >= 4 is 0 Å². The van der Waals surface area contributed by atoms with Crippen LogP contribution in [0.1, 0.15) is 26.7 Å². The second kappa shape index (κ2) is 1.22. The van der Waals surface area contributed by atoms with Gasteiger partial charge in [-0.25, -0.2) is 0 Å². The Hall–Kier alpha value is -0.0400. The van der Waals surface area contributed by atoms with Gasteiger partial charge in [-0.3, -0.25) is 0 Å². The van der Waals surface area contributed by atoms with Crippen LogP contribution in [0.4, 0.5) is 0 Å². The first-order valence-electron chi connectivity index (χ1n) is 2.91. The molecule has 1 nitrogen and oxygen atoms in total. The molecule has 1 atom stereocenters. The fraction of sp³-hybridized carbons (Fsp3) is 1.00. The van der Waals surface area contributed by atoms with E-state index < -0.39 is 0 Å². The van der Waals surface area contributed by atoms with E-state index in [9.17, 15) is 0 Å². The van der Waals surface area contributed by atoms with Gasteiger partial charge in [-0.1, -0.05) is 6.92 Å². The van der Waals surface area contributed by atoms with Crippen molar-refractivity contribution in [3.05, 3.63) is 0 Å². The van der Waals surface area contributed by atoms with Gasteiger partial charge in [0.05, 0.1) is 0 Å². The van der Waals surface area contributed by atoms with Gasteiger partial charge in [-0.15, -0.1) is 0 Å². The maximum absolute atomic E-state index is 5.63. The molecule has 1 unspecified atom stereocenters. The zero-order valence-electron chi connectivity index (χ0n) is 5.07. The third-order valence-corrected chi connectivity index (χ3v) is 2.14. The van der Waals surface area contributed by atoms with Gasteiger partial charge >= 0.3 is 0 Å². The normalized spacial score (nSPS) is 29.6. The molecule has 0 spiro atoms. The fourth-order valence-electron chi connectivity index (χ4n) is 0.653. The minimum absolute atomic E-state index is 0.410. The average molecular weight is 99.2 g/mol. The third kappa shape index (κ3) is 0.778. The van der Waals surface area contributed by atoms with Crippen LogP contribution in [0.25, 0.3) is 0 Å². The molecule has 0 aromatic carbocycles. The Morgan fingerprint density at radius 3 is 2.00 bits per heavy atom. The molecule has 1 aliphatic carbocycles. The predicted molar refractivity (Wildman–Crippen MR) is 31.0 cm³/mol. The highest BCUT2D eigenvalue weighted by atomic mass is 14.7.